The summed E-state index contributed by atoms with van der Waals surface area (Å²) in [5.41, 5.74) is 3.97. The molecule has 0 aliphatic rings. The van der Waals surface area contributed by atoms with E-state index in [1.807, 2.05) is 14.1 Å². The number of hydrogen-bond acceptors (Lipinski definition) is 6. The van der Waals surface area contributed by atoms with Crippen LogP contribution >= 0.6 is 11.3 Å². The van der Waals surface area contributed by atoms with E-state index in [1.54, 1.807) is 29.2 Å². The van der Waals surface area contributed by atoms with E-state index in [0.29, 0.717) is 17.4 Å². The monoisotopic (exact) mass is 372 g/mol. The summed E-state index contributed by atoms with van der Waals surface area (Å²) >= 11 is 1.54. The maximum Gasteiger partial charge on any atom is 0.298 e. The van der Waals surface area contributed by atoms with Crippen molar-refractivity contribution in [2.24, 2.45) is 0 Å². The van der Waals surface area contributed by atoms with Crippen LogP contribution in [0.15, 0.2) is 22.7 Å². The predicted octanol–water partition coefficient (Wildman–Crippen LogP) is 3.81. The Morgan fingerprint density at radius 1 is 1.15 bits per heavy atom. The summed E-state index contributed by atoms with van der Waals surface area (Å²) in [6, 6.07) is 5.90. The van der Waals surface area contributed by atoms with Gasteiger partial charge in [0.15, 0.2) is 5.13 Å². The smallest absolute Gasteiger partial charge is 0.298 e. The van der Waals surface area contributed by atoms with Gasteiger partial charge in [-0.3, -0.25) is 9.69 Å². The van der Waals surface area contributed by atoms with Gasteiger partial charge in [-0.05, 0) is 65.0 Å². The van der Waals surface area contributed by atoms with Gasteiger partial charge in [0.05, 0.1) is 15.9 Å². The molecule has 0 N–H and O–H groups in total. The van der Waals surface area contributed by atoms with E-state index in [-0.39, 0.29) is 11.7 Å². The molecular weight excluding hydrogens is 348 g/mol. The second kappa shape index (κ2) is 7.55. The van der Waals surface area contributed by atoms with Gasteiger partial charge in [-0.2, -0.15) is 0 Å². The van der Waals surface area contributed by atoms with Crippen molar-refractivity contribution in [2.75, 3.05) is 32.1 Å². The van der Waals surface area contributed by atoms with Gasteiger partial charge < -0.3 is 9.42 Å². The van der Waals surface area contributed by atoms with Crippen molar-refractivity contribution in [1.29, 1.82) is 0 Å². The van der Waals surface area contributed by atoms with Crippen LogP contribution in [0.1, 0.15) is 33.8 Å². The Balaban J connectivity index is 1.96. The zero-order chi connectivity index (χ0) is 18.8. The van der Waals surface area contributed by atoms with Crippen molar-refractivity contribution in [3.63, 3.8) is 0 Å². The lowest BCUT2D eigenvalue weighted by Crippen LogP contribution is -2.33. The molecule has 0 atom stereocenters. The van der Waals surface area contributed by atoms with Crippen LogP contribution in [-0.4, -0.2) is 48.1 Å². The van der Waals surface area contributed by atoms with Crippen LogP contribution in [-0.2, 0) is 0 Å². The van der Waals surface area contributed by atoms with Gasteiger partial charge in [-0.25, -0.2) is 4.98 Å². The average molecular weight is 372 g/mol. The highest BCUT2D eigenvalue weighted by Crippen LogP contribution is 2.32. The number of benzene rings is 1. The molecule has 0 radical (unpaired) electrons. The topological polar surface area (TPSA) is 62.5 Å². The van der Waals surface area contributed by atoms with Crippen LogP contribution in [0.25, 0.3) is 10.2 Å². The van der Waals surface area contributed by atoms with Gasteiger partial charge in [-0.15, -0.1) is 0 Å². The van der Waals surface area contributed by atoms with Gasteiger partial charge in [0, 0.05) is 12.6 Å². The Morgan fingerprint density at radius 3 is 2.58 bits per heavy atom. The number of anilines is 1. The van der Waals surface area contributed by atoms with Crippen LogP contribution in [0.5, 0.6) is 0 Å². The summed E-state index contributed by atoms with van der Waals surface area (Å²) in [6.07, 6.45) is 0.847. The normalized spacial score (nSPS) is 11.5. The van der Waals surface area contributed by atoms with Crippen molar-refractivity contribution < 1.29 is 9.32 Å². The molecule has 0 bridgehead atoms. The molecule has 0 fully saturated rings. The molecule has 0 saturated heterocycles. The molecule has 0 spiro atoms. The van der Waals surface area contributed by atoms with E-state index in [2.05, 4.69) is 36.0 Å². The molecule has 138 valence electrons. The summed E-state index contributed by atoms with van der Waals surface area (Å²) < 4.78 is 6.29. The fourth-order valence-electron chi connectivity index (χ4n) is 2.90. The number of nitrogens with zero attached hydrogens (tertiary/aromatic N) is 4. The SMILES string of the molecule is Cc1cc(C)c2nc(N(CCCN(C)C)C(=O)c3cc(C)no3)sc2c1. The predicted molar refractivity (Wildman–Crippen MR) is 105 cm³/mol. The maximum absolute atomic E-state index is 13.0. The lowest BCUT2D eigenvalue weighted by atomic mass is 10.1. The third-order valence-corrected chi connectivity index (χ3v) is 5.15. The number of fused-ring (bicyclic) bond motifs is 1. The van der Waals surface area contributed by atoms with E-state index in [9.17, 15) is 4.79 Å². The minimum Gasteiger partial charge on any atom is -0.351 e. The number of carbonyl (C=O) groups is 1. The van der Waals surface area contributed by atoms with E-state index >= 15 is 0 Å². The highest BCUT2D eigenvalue weighted by atomic mass is 32.1. The molecule has 26 heavy (non-hydrogen) atoms. The molecule has 6 nitrogen and oxygen atoms in total. The van der Waals surface area contributed by atoms with Crippen molar-refractivity contribution in [1.82, 2.24) is 15.0 Å². The van der Waals surface area contributed by atoms with Crippen LogP contribution in [0, 0.1) is 20.8 Å². The average Bonchev–Trinajstić information content (AvgIpc) is 3.17. The first kappa shape index (κ1) is 18.5. The number of carbonyl (C=O) groups excluding carboxylic acids is 1. The summed E-state index contributed by atoms with van der Waals surface area (Å²) in [5.74, 6) is 0.0531. The van der Waals surface area contributed by atoms with Crippen molar-refractivity contribution in [2.45, 2.75) is 27.2 Å². The molecule has 0 saturated carbocycles. The number of rotatable bonds is 6. The largest absolute Gasteiger partial charge is 0.351 e. The van der Waals surface area contributed by atoms with E-state index in [1.165, 1.54) is 5.56 Å². The summed E-state index contributed by atoms with van der Waals surface area (Å²) in [7, 11) is 4.05. The summed E-state index contributed by atoms with van der Waals surface area (Å²) in [4.78, 5) is 21.6. The van der Waals surface area contributed by atoms with E-state index < -0.39 is 0 Å². The molecule has 0 aliphatic heterocycles. The first-order valence-electron chi connectivity index (χ1n) is 8.63. The van der Waals surface area contributed by atoms with E-state index in [4.69, 9.17) is 9.51 Å². The van der Waals surface area contributed by atoms with Crippen LogP contribution in [0.4, 0.5) is 5.13 Å². The molecule has 0 aliphatic carbocycles. The number of amides is 1. The van der Waals surface area contributed by atoms with Crippen LogP contribution in [0.3, 0.4) is 0 Å². The molecule has 7 heteroatoms. The zero-order valence-corrected chi connectivity index (χ0v) is 16.7. The Morgan fingerprint density at radius 2 is 1.92 bits per heavy atom. The van der Waals surface area contributed by atoms with Crippen molar-refractivity contribution >= 4 is 32.6 Å². The summed E-state index contributed by atoms with van der Waals surface area (Å²) in [5, 5.41) is 4.54. The fraction of sp³-hybridized carbons (Fsp3) is 0.421. The molecule has 3 aromatic rings. The molecule has 3 rings (SSSR count). The standard InChI is InChI=1S/C19H24N4O2S/c1-12-9-13(2)17-16(10-12)26-19(20-17)23(8-6-7-22(4)5)18(24)15-11-14(3)21-25-15/h9-11H,6-8H2,1-5H3. The molecule has 1 amide bonds. The lowest BCUT2D eigenvalue weighted by Gasteiger charge is -2.19. The molecule has 2 heterocycles. The minimum atomic E-state index is -0.196. The van der Waals surface area contributed by atoms with Crippen LogP contribution < -0.4 is 4.90 Å². The third-order valence-electron chi connectivity index (χ3n) is 4.12. The lowest BCUT2D eigenvalue weighted by molar-refractivity contribution is 0.0950. The zero-order valence-electron chi connectivity index (χ0n) is 15.9. The number of hydrogen-bond donors (Lipinski definition) is 0. The highest BCUT2D eigenvalue weighted by molar-refractivity contribution is 7.22. The second-order valence-electron chi connectivity index (χ2n) is 6.87. The maximum atomic E-state index is 13.0. The van der Waals surface area contributed by atoms with Crippen LogP contribution in [0.2, 0.25) is 0 Å². The van der Waals surface area contributed by atoms with E-state index in [0.717, 1.165) is 28.7 Å². The first-order valence-corrected chi connectivity index (χ1v) is 9.44. The van der Waals surface area contributed by atoms with Gasteiger partial charge >= 0.3 is 0 Å². The minimum absolute atomic E-state index is 0.196. The Hall–Kier alpha value is -2.25. The quantitative estimate of drug-likeness (QED) is 0.658. The van der Waals surface area contributed by atoms with Crippen molar-refractivity contribution in [3.05, 3.63) is 40.8 Å². The van der Waals surface area contributed by atoms with Gasteiger partial charge in [0.2, 0.25) is 5.76 Å². The molecule has 1 aromatic carbocycles. The first-order chi connectivity index (χ1) is 12.3. The van der Waals surface area contributed by atoms with Gasteiger partial charge in [0.1, 0.15) is 0 Å². The number of thiazole rings is 1. The number of aromatic nitrogens is 2. The molecule has 0 unspecified atom stereocenters. The third kappa shape index (κ3) is 3.94. The highest BCUT2D eigenvalue weighted by Gasteiger charge is 2.24. The fourth-order valence-corrected chi connectivity index (χ4v) is 4.07. The van der Waals surface area contributed by atoms with Crippen molar-refractivity contribution in [3.8, 4) is 0 Å². The van der Waals surface area contributed by atoms with Gasteiger partial charge in [0.25, 0.3) is 5.91 Å². The number of aryl methyl sites for hydroxylation is 3. The Bertz CT molecular complexity index is 929. The molecular formula is C19H24N4O2S. The summed E-state index contributed by atoms with van der Waals surface area (Å²) in [6.45, 7) is 7.40. The second-order valence-corrected chi connectivity index (χ2v) is 7.88. The van der Waals surface area contributed by atoms with Gasteiger partial charge in [-0.1, -0.05) is 22.6 Å². The Kier molecular flexibility index (Phi) is 5.38. The molecule has 2 aromatic heterocycles. The Labute approximate surface area is 157 Å².